The van der Waals surface area contributed by atoms with Gasteiger partial charge >= 0.3 is 0 Å². The lowest BCUT2D eigenvalue weighted by atomic mass is 9.90. The summed E-state index contributed by atoms with van der Waals surface area (Å²) >= 11 is 0. The number of hydrogen-bond acceptors (Lipinski definition) is 1. The molecule has 0 saturated carbocycles. The molecule has 0 bridgehead atoms. The van der Waals surface area contributed by atoms with Crippen LogP contribution in [0.2, 0.25) is 0 Å². The molecule has 0 atom stereocenters. The first-order chi connectivity index (χ1) is 12.3. The zero-order chi connectivity index (χ0) is 17.9. The molecule has 0 aliphatic carbocycles. The predicted octanol–water partition coefficient (Wildman–Crippen LogP) is 7.51. The zero-order valence-electron chi connectivity index (χ0n) is 16.3. The van der Waals surface area contributed by atoms with Gasteiger partial charge in [-0.3, -0.25) is 0 Å². The summed E-state index contributed by atoms with van der Waals surface area (Å²) in [6, 6.07) is 14.7. The summed E-state index contributed by atoms with van der Waals surface area (Å²) in [5, 5.41) is 0. The SMILES string of the molecule is CCCCc1ccc(Oc2ccccc2)c(CCCC)c1CCCC. The molecular formula is C24H34O. The number of unbranched alkanes of at least 4 members (excludes halogenated alkanes) is 3. The first-order valence-corrected chi connectivity index (χ1v) is 10.2. The van der Waals surface area contributed by atoms with Crippen LogP contribution >= 0.6 is 0 Å². The fraction of sp³-hybridized carbons (Fsp3) is 0.500. The molecule has 0 spiro atoms. The van der Waals surface area contributed by atoms with Gasteiger partial charge in [0.05, 0.1) is 0 Å². The van der Waals surface area contributed by atoms with Crippen LogP contribution in [-0.4, -0.2) is 0 Å². The topological polar surface area (TPSA) is 9.23 Å². The van der Waals surface area contributed by atoms with Crippen molar-refractivity contribution in [1.82, 2.24) is 0 Å². The molecule has 2 aromatic carbocycles. The number of hydrogen-bond donors (Lipinski definition) is 0. The molecule has 1 heteroatoms. The van der Waals surface area contributed by atoms with Crippen LogP contribution in [0.1, 0.15) is 76.0 Å². The summed E-state index contributed by atoms with van der Waals surface area (Å²) in [7, 11) is 0. The average Bonchev–Trinajstić information content (AvgIpc) is 2.65. The molecule has 1 nitrogen and oxygen atoms in total. The predicted molar refractivity (Wildman–Crippen MR) is 109 cm³/mol. The van der Waals surface area contributed by atoms with Crippen molar-refractivity contribution in [3.63, 3.8) is 0 Å². The molecule has 0 N–H and O–H groups in total. The number of para-hydroxylation sites is 1. The van der Waals surface area contributed by atoms with Crippen molar-refractivity contribution in [2.45, 2.75) is 78.6 Å². The highest BCUT2D eigenvalue weighted by Gasteiger charge is 2.14. The second-order valence-corrected chi connectivity index (χ2v) is 6.91. The lowest BCUT2D eigenvalue weighted by Crippen LogP contribution is -2.04. The molecule has 2 aromatic rings. The summed E-state index contributed by atoms with van der Waals surface area (Å²) in [6.07, 6.45) is 11.0. The molecule has 0 amide bonds. The summed E-state index contributed by atoms with van der Waals surface area (Å²) in [5.74, 6) is 1.99. The van der Waals surface area contributed by atoms with Crippen molar-refractivity contribution in [2.24, 2.45) is 0 Å². The number of aryl methyl sites for hydroxylation is 1. The van der Waals surface area contributed by atoms with E-state index in [4.69, 9.17) is 4.74 Å². The second kappa shape index (κ2) is 11.0. The Morgan fingerprint density at radius 3 is 1.88 bits per heavy atom. The Bertz CT molecular complexity index is 615. The van der Waals surface area contributed by atoms with Gasteiger partial charge in [0.2, 0.25) is 0 Å². The molecule has 0 saturated heterocycles. The highest BCUT2D eigenvalue weighted by atomic mass is 16.5. The lowest BCUT2D eigenvalue weighted by Gasteiger charge is -2.19. The van der Waals surface area contributed by atoms with Crippen LogP contribution < -0.4 is 4.74 Å². The first-order valence-electron chi connectivity index (χ1n) is 10.2. The van der Waals surface area contributed by atoms with Crippen LogP contribution in [0.4, 0.5) is 0 Å². The third-order valence-electron chi connectivity index (χ3n) is 4.82. The Kier molecular flexibility index (Phi) is 8.59. The van der Waals surface area contributed by atoms with Gasteiger partial charge in [-0.25, -0.2) is 0 Å². The van der Waals surface area contributed by atoms with Crippen LogP contribution in [0.15, 0.2) is 42.5 Å². The fourth-order valence-corrected chi connectivity index (χ4v) is 3.33. The van der Waals surface area contributed by atoms with E-state index in [-0.39, 0.29) is 0 Å². The molecule has 0 aromatic heterocycles. The van der Waals surface area contributed by atoms with Gasteiger partial charge in [0, 0.05) is 0 Å². The standard InChI is InChI=1S/C24H34O/c1-4-7-13-20-18-19-24(25-21-14-11-10-12-15-21)23(17-9-6-3)22(20)16-8-5-2/h10-12,14-15,18-19H,4-9,13,16-17H2,1-3H3. The molecule has 0 radical (unpaired) electrons. The molecule has 136 valence electrons. The maximum absolute atomic E-state index is 6.29. The Morgan fingerprint density at radius 1 is 0.640 bits per heavy atom. The molecular weight excluding hydrogens is 304 g/mol. The fourth-order valence-electron chi connectivity index (χ4n) is 3.33. The molecule has 0 fully saturated rings. The van der Waals surface area contributed by atoms with E-state index in [1.54, 1.807) is 11.1 Å². The van der Waals surface area contributed by atoms with Crippen LogP contribution in [0, 0.1) is 0 Å². The van der Waals surface area contributed by atoms with E-state index in [9.17, 15) is 0 Å². The van der Waals surface area contributed by atoms with Crippen LogP contribution in [0.25, 0.3) is 0 Å². The summed E-state index contributed by atoms with van der Waals surface area (Å²) < 4.78 is 6.29. The van der Waals surface area contributed by atoms with E-state index >= 15 is 0 Å². The van der Waals surface area contributed by atoms with E-state index in [1.165, 1.54) is 56.9 Å². The van der Waals surface area contributed by atoms with Gasteiger partial charge in [-0.2, -0.15) is 0 Å². The van der Waals surface area contributed by atoms with Crippen LogP contribution in [0.5, 0.6) is 11.5 Å². The van der Waals surface area contributed by atoms with Crippen molar-refractivity contribution in [3.8, 4) is 11.5 Å². The Hall–Kier alpha value is -1.76. The Morgan fingerprint density at radius 2 is 1.24 bits per heavy atom. The van der Waals surface area contributed by atoms with Crippen molar-refractivity contribution < 1.29 is 4.74 Å². The highest BCUT2D eigenvalue weighted by Crippen LogP contribution is 2.33. The highest BCUT2D eigenvalue weighted by molar-refractivity contribution is 5.47. The van der Waals surface area contributed by atoms with Crippen LogP contribution in [-0.2, 0) is 19.3 Å². The number of ether oxygens (including phenoxy) is 1. The largest absolute Gasteiger partial charge is 0.457 e. The second-order valence-electron chi connectivity index (χ2n) is 6.91. The maximum Gasteiger partial charge on any atom is 0.130 e. The van der Waals surface area contributed by atoms with Gasteiger partial charge in [0.15, 0.2) is 0 Å². The average molecular weight is 339 g/mol. The molecule has 0 heterocycles. The smallest absolute Gasteiger partial charge is 0.130 e. The Balaban J connectivity index is 2.38. The molecule has 0 aliphatic rings. The quantitative estimate of drug-likeness (QED) is 0.412. The van der Waals surface area contributed by atoms with Crippen molar-refractivity contribution in [2.75, 3.05) is 0 Å². The summed E-state index contributed by atoms with van der Waals surface area (Å²) in [6.45, 7) is 6.82. The van der Waals surface area contributed by atoms with Crippen molar-refractivity contribution >= 4 is 0 Å². The maximum atomic E-state index is 6.29. The third-order valence-corrected chi connectivity index (χ3v) is 4.82. The van der Waals surface area contributed by atoms with Gasteiger partial charge in [-0.05, 0) is 73.4 Å². The van der Waals surface area contributed by atoms with E-state index in [1.807, 2.05) is 30.3 Å². The first kappa shape index (κ1) is 19.6. The summed E-state index contributed by atoms with van der Waals surface area (Å²) in [4.78, 5) is 0. The molecule has 2 rings (SSSR count). The molecule has 25 heavy (non-hydrogen) atoms. The van der Waals surface area contributed by atoms with Crippen molar-refractivity contribution in [1.29, 1.82) is 0 Å². The zero-order valence-corrected chi connectivity index (χ0v) is 16.3. The summed E-state index contributed by atoms with van der Waals surface area (Å²) in [5.41, 5.74) is 4.56. The van der Waals surface area contributed by atoms with Gasteiger partial charge in [-0.1, -0.05) is 64.3 Å². The van der Waals surface area contributed by atoms with E-state index in [0.29, 0.717) is 0 Å². The van der Waals surface area contributed by atoms with E-state index in [0.717, 1.165) is 17.9 Å². The minimum absolute atomic E-state index is 0.933. The monoisotopic (exact) mass is 338 g/mol. The molecule has 0 unspecified atom stereocenters. The van der Waals surface area contributed by atoms with Gasteiger partial charge < -0.3 is 4.74 Å². The van der Waals surface area contributed by atoms with Gasteiger partial charge in [0.1, 0.15) is 11.5 Å². The van der Waals surface area contributed by atoms with Gasteiger partial charge in [-0.15, -0.1) is 0 Å². The third kappa shape index (κ3) is 5.92. The van der Waals surface area contributed by atoms with Gasteiger partial charge in [0.25, 0.3) is 0 Å². The number of rotatable bonds is 11. The van der Waals surface area contributed by atoms with Crippen LogP contribution in [0.3, 0.4) is 0 Å². The lowest BCUT2D eigenvalue weighted by molar-refractivity contribution is 0.473. The minimum atomic E-state index is 0.933. The normalized spacial score (nSPS) is 10.8. The van der Waals surface area contributed by atoms with E-state index in [2.05, 4.69) is 32.9 Å². The van der Waals surface area contributed by atoms with E-state index < -0.39 is 0 Å². The Labute approximate surface area is 154 Å². The number of benzene rings is 2. The molecule has 0 aliphatic heterocycles. The van der Waals surface area contributed by atoms with Crippen molar-refractivity contribution in [3.05, 3.63) is 59.2 Å². The minimum Gasteiger partial charge on any atom is -0.457 e.